The zero-order chi connectivity index (χ0) is 18.8. The Labute approximate surface area is 147 Å². The van der Waals surface area contributed by atoms with Crippen LogP contribution in [-0.2, 0) is 20.9 Å². The van der Waals surface area contributed by atoms with Gasteiger partial charge in [0.2, 0.25) is 0 Å². The van der Waals surface area contributed by atoms with E-state index in [1.165, 1.54) is 14.0 Å². The van der Waals surface area contributed by atoms with Crippen molar-refractivity contribution >= 4 is 18.1 Å². The molecule has 0 aliphatic carbocycles. The molecule has 0 aromatic heterocycles. The van der Waals surface area contributed by atoms with Crippen molar-refractivity contribution in [1.29, 1.82) is 0 Å². The molecule has 0 aliphatic heterocycles. The number of nitrogens with one attached hydrogen (secondary N) is 3. The summed E-state index contributed by atoms with van der Waals surface area (Å²) in [6, 6.07) is 7.85. The first-order valence-electron chi connectivity index (χ1n) is 7.95. The summed E-state index contributed by atoms with van der Waals surface area (Å²) in [5.74, 6) is -0.657. The van der Waals surface area contributed by atoms with Crippen molar-refractivity contribution in [2.45, 2.75) is 39.6 Å². The van der Waals surface area contributed by atoms with Gasteiger partial charge >= 0.3 is 18.1 Å². The average molecular weight is 351 g/mol. The zero-order valence-electron chi connectivity index (χ0n) is 14.9. The summed E-state index contributed by atoms with van der Waals surface area (Å²) in [6.07, 6.45) is -1.31. The number of carbonyl (C=O) groups is 3. The van der Waals surface area contributed by atoms with Crippen molar-refractivity contribution in [3.63, 3.8) is 0 Å². The highest BCUT2D eigenvalue weighted by molar-refractivity contribution is 5.83. The summed E-state index contributed by atoms with van der Waals surface area (Å²) in [7, 11) is 1.24. The van der Waals surface area contributed by atoms with Crippen molar-refractivity contribution in [3.8, 4) is 0 Å². The molecule has 0 aliphatic rings. The van der Waals surface area contributed by atoms with E-state index in [0.717, 1.165) is 5.56 Å². The van der Waals surface area contributed by atoms with Crippen molar-refractivity contribution in [1.82, 2.24) is 16.0 Å². The molecule has 0 saturated heterocycles. The number of methoxy groups -OCH3 is 1. The van der Waals surface area contributed by atoms with Crippen LogP contribution in [0.1, 0.15) is 26.3 Å². The molecule has 1 aromatic carbocycles. The number of ether oxygens (including phenoxy) is 2. The van der Waals surface area contributed by atoms with Gasteiger partial charge in [-0.2, -0.15) is 0 Å². The highest BCUT2D eigenvalue weighted by atomic mass is 16.5. The van der Waals surface area contributed by atoms with Gasteiger partial charge < -0.3 is 25.4 Å². The lowest BCUT2D eigenvalue weighted by Gasteiger charge is -2.24. The van der Waals surface area contributed by atoms with Gasteiger partial charge in [-0.1, -0.05) is 44.2 Å². The van der Waals surface area contributed by atoms with Gasteiger partial charge in [0.05, 0.1) is 7.11 Å². The molecule has 0 unspecified atom stereocenters. The third kappa shape index (κ3) is 7.56. The van der Waals surface area contributed by atoms with Crippen LogP contribution < -0.4 is 16.0 Å². The molecule has 138 valence electrons. The largest absolute Gasteiger partial charge is 0.467 e. The summed E-state index contributed by atoms with van der Waals surface area (Å²) in [5, 5.41) is 7.60. The number of hydrogen-bond donors (Lipinski definition) is 3. The molecule has 0 radical (unpaired) electrons. The second kappa shape index (κ2) is 10.2. The lowest BCUT2D eigenvalue weighted by Crippen LogP contribution is -2.55. The third-order valence-corrected chi connectivity index (χ3v) is 3.34. The van der Waals surface area contributed by atoms with Crippen LogP contribution >= 0.6 is 0 Å². The van der Waals surface area contributed by atoms with E-state index in [1.54, 1.807) is 0 Å². The van der Waals surface area contributed by atoms with Crippen molar-refractivity contribution < 1.29 is 23.9 Å². The predicted molar refractivity (Wildman–Crippen MR) is 91.5 cm³/mol. The summed E-state index contributed by atoms with van der Waals surface area (Å²) in [5.41, 5.74) is 0.858. The second-order valence-corrected chi connectivity index (χ2v) is 5.79. The lowest BCUT2D eigenvalue weighted by atomic mass is 10.1. The number of rotatable bonds is 7. The number of hydrogen-bond acceptors (Lipinski definition) is 5. The molecule has 0 heterocycles. The summed E-state index contributed by atoms with van der Waals surface area (Å²) < 4.78 is 9.66. The maximum atomic E-state index is 11.9. The Kier molecular flexibility index (Phi) is 8.25. The maximum Gasteiger partial charge on any atom is 0.409 e. The topological polar surface area (TPSA) is 106 Å². The minimum Gasteiger partial charge on any atom is -0.467 e. The average Bonchev–Trinajstić information content (AvgIpc) is 2.59. The normalized spacial score (nSPS) is 12.7. The maximum absolute atomic E-state index is 11.9. The minimum absolute atomic E-state index is 0.0940. The lowest BCUT2D eigenvalue weighted by molar-refractivity contribution is -0.142. The van der Waals surface area contributed by atoms with Crippen LogP contribution in [0.4, 0.5) is 9.59 Å². The second-order valence-electron chi connectivity index (χ2n) is 5.79. The van der Waals surface area contributed by atoms with E-state index < -0.39 is 30.3 Å². The van der Waals surface area contributed by atoms with Crippen LogP contribution in [0.2, 0.25) is 0 Å². The molecule has 1 rings (SSSR count). The highest BCUT2D eigenvalue weighted by Crippen LogP contribution is 2.03. The van der Waals surface area contributed by atoms with Gasteiger partial charge in [-0.15, -0.1) is 0 Å². The molecule has 3 N–H and O–H groups in total. The number of urea groups is 1. The Morgan fingerprint density at radius 3 is 2.20 bits per heavy atom. The van der Waals surface area contributed by atoms with Gasteiger partial charge in [-0.05, 0) is 18.4 Å². The fourth-order valence-electron chi connectivity index (χ4n) is 1.88. The Bertz CT molecular complexity index is 577. The molecule has 0 spiro atoms. The van der Waals surface area contributed by atoms with Crippen molar-refractivity contribution in [2.24, 2.45) is 5.92 Å². The summed E-state index contributed by atoms with van der Waals surface area (Å²) in [6.45, 7) is 5.28. The molecule has 0 fully saturated rings. The number of amides is 3. The first kappa shape index (κ1) is 20.3. The van der Waals surface area contributed by atoms with Crippen LogP contribution in [0.25, 0.3) is 0 Å². The fourth-order valence-corrected chi connectivity index (χ4v) is 1.88. The predicted octanol–water partition coefficient (Wildman–Crippen LogP) is 1.76. The molecule has 25 heavy (non-hydrogen) atoms. The van der Waals surface area contributed by atoms with Crippen molar-refractivity contribution in [3.05, 3.63) is 35.9 Å². The van der Waals surface area contributed by atoms with E-state index in [-0.39, 0.29) is 12.5 Å². The van der Waals surface area contributed by atoms with Gasteiger partial charge in [0.1, 0.15) is 18.8 Å². The van der Waals surface area contributed by atoms with Gasteiger partial charge in [0.25, 0.3) is 0 Å². The Balaban J connectivity index is 2.48. The summed E-state index contributed by atoms with van der Waals surface area (Å²) >= 11 is 0. The Morgan fingerprint density at radius 2 is 1.64 bits per heavy atom. The molecule has 2 atom stereocenters. The zero-order valence-corrected chi connectivity index (χ0v) is 14.9. The smallest absolute Gasteiger partial charge is 0.409 e. The quantitative estimate of drug-likeness (QED) is 0.513. The number of benzene rings is 1. The monoisotopic (exact) mass is 351 g/mol. The first-order chi connectivity index (χ1) is 11.8. The number of esters is 1. The van der Waals surface area contributed by atoms with E-state index in [2.05, 4.69) is 20.7 Å². The molecular formula is C17H25N3O5. The highest BCUT2D eigenvalue weighted by Gasteiger charge is 2.22. The molecule has 0 bridgehead atoms. The van der Waals surface area contributed by atoms with Crippen molar-refractivity contribution in [2.75, 3.05) is 7.11 Å². The number of carbonyl (C=O) groups excluding carboxylic acids is 3. The first-order valence-corrected chi connectivity index (χ1v) is 7.95. The molecule has 1 aromatic rings. The standard InChI is InChI=1S/C17H25N3O5/c1-11(2)14(19-16(22)18-12(3)15(21)24-4)20-17(23)25-10-13-8-6-5-7-9-13/h5-9,11-12,14H,10H2,1-4H3,(H,20,23)(H2,18,19,22)/t12-,14-/m0/s1. The SMILES string of the molecule is COC(=O)[C@H](C)NC(=O)N[C@@H](NC(=O)OCc1ccccc1)C(C)C. The molecule has 8 heteroatoms. The van der Waals surface area contributed by atoms with Crippen LogP contribution in [0, 0.1) is 5.92 Å². The fraction of sp³-hybridized carbons (Fsp3) is 0.471. The van der Waals surface area contributed by atoms with Crippen LogP contribution in [0.5, 0.6) is 0 Å². The minimum atomic E-state index is -0.803. The van der Waals surface area contributed by atoms with Crippen LogP contribution in [-0.4, -0.2) is 37.4 Å². The van der Waals surface area contributed by atoms with E-state index in [4.69, 9.17) is 4.74 Å². The van der Waals surface area contributed by atoms with Crippen LogP contribution in [0.3, 0.4) is 0 Å². The van der Waals surface area contributed by atoms with E-state index >= 15 is 0 Å². The molecule has 3 amide bonds. The Morgan fingerprint density at radius 1 is 1.00 bits per heavy atom. The van der Waals surface area contributed by atoms with Gasteiger partial charge in [0, 0.05) is 0 Å². The summed E-state index contributed by atoms with van der Waals surface area (Å²) in [4.78, 5) is 35.1. The van der Waals surface area contributed by atoms with Gasteiger partial charge in [-0.25, -0.2) is 14.4 Å². The molecule has 0 saturated carbocycles. The third-order valence-electron chi connectivity index (χ3n) is 3.34. The van der Waals surface area contributed by atoms with Gasteiger partial charge in [0.15, 0.2) is 0 Å². The molecular weight excluding hydrogens is 326 g/mol. The van der Waals surface area contributed by atoms with Crippen LogP contribution in [0.15, 0.2) is 30.3 Å². The van der Waals surface area contributed by atoms with E-state index in [0.29, 0.717) is 0 Å². The van der Waals surface area contributed by atoms with Gasteiger partial charge in [-0.3, -0.25) is 0 Å². The van der Waals surface area contributed by atoms with E-state index in [1.807, 2.05) is 44.2 Å². The number of alkyl carbamates (subject to hydrolysis) is 1. The Hall–Kier alpha value is -2.77. The molecule has 8 nitrogen and oxygen atoms in total. The van der Waals surface area contributed by atoms with E-state index in [9.17, 15) is 14.4 Å².